The van der Waals surface area contributed by atoms with Crippen LogP contribution >= 0.6 is 0 Å². The molecule has 0 atom stereocenters. The van der Waals surface area contributed by atoms with Crippen molar-refractivity contribution in [3.05, 3.63) is 61.6 Å². The van der Waals surface area contributed by atoms with Crippen LogP contribution in [0.3, 0.4) is 0 Å². The molecule has 0 bridgehead atoms. The summed E-state index contributed by atoms with van der Waals surface area (Å²) in [6.07, 6.45) is 0. The summed E-state index contributed by atoms with van der Waals surface area (Å²) in [7, 11) is 0. The molecule has 0 spiro atoms. The largest absolute Gasteiger partial charge is 0.526 e. The summed E-state index contributed by atoms with van der Waals surface area (Å²) in [5.74, 6) is 3.47. The molecule has 0 N–H and O–H groups in total. The Morgan fingerprint density at radius 1 is 0.500 bits per heavy atom. The number of ether oxygens (including phenoxy) is 1. The fourth-order valence-electron chi connectivity index (χ4n) is 3.94. The molecule has 0 saturated heterocycles. The van der Waals surface area contributed by atoms with Crippen LogP contribution in [0.2, 0.25) is 0 Å². The molecule has 0 aliphatic carbocycles. The first kappa shape index (κ1) is 19.1. The van der Waals surface area contributed by atoms with Gasteiger partial charge < -0.3 is 4.74 Å². The summed E-state index contributed by atoms with van der Waals surface area (Å²) in [6, 6.07) is 0. The second-order valence-corrected chi connectivity index (χ2v) is 7.14. The molecule has 0 unspecified atom stereocenters. The minimum atomic E-state index is 0. The third-order valence-corrected chi connectivity index (χ3v) is 6.21. The Morgan fingerprint density at radius 3 is 1.12 bits per heavy atom. The number of benzene rings is 2. The molecular weight excluding hydrogens is 466 g/mol. The average molecular weight is 494 g/mol. The number of rotatable bonds is 0. The molecule has 0 amide bonds. The van der Waals surface area contributed by atoms with E-state index < -0.39 is 0 Å². The van der Waals surface area contributed by atoms with Crippen LogP contribution in [-0.4, -0.2) is 0 Å². The Kier molecular flexibility index (Phi) is 4.97. The van der Waals surface area contributed by atoms with Gasteiger partial charge in [-0.3, -0.25) is 0 Å². The number of fused-ring (bicyclic) bond motifs is 2. The molecule has 0 aromatic heterocycles. The van der Waals surface area contributed by atoms with Gasteiger partial charge in [0.15, 0.2) is 0 Å². The van der Waals surface area contributed by atoms with Crippen molar-refractivity contribution in [2.24, 2.45) is 0 Å². The van der Waals surface area contributed by atoms with E-state index in [-0.39, 0.29) is 20.4 Å². The van der Waals surface area contributed by atoms with Crippen LogP contribution in [0, 0.1) is 61.3 Å². The van der Waals surface area contributed by atoms with Crippen LogP contribution in [0.25, 0.3) is 0 Å². The SMILES string of the molecule is Cc1c(C)c(C)c2c(c1C)Oc1c(C)c(C)c(C)c(C)c1[C-]2C.[Re]. The van der Waals surface area contributed by atoms with Gasteiger partial charge in [-0.2, -0.15) is 0 Å². The first-order valence-corrected chi connectivity index (χ1v) is 8.41. The van der Waals surface area contributed by atoms with Gasteiger partial charge in [-0.15, -0.1) is 17.0 Å². The van der Waals surface area contributed by atoms with E-state index in [9.17, 15) is 0 Å². The predicted octanol–water partition coefficient (Wildman–Crippen LogP) is 6.25. The Balaban J connectivity index is 0.00000208. The molecule has 1 radical (unpaired) electrons. The normalized spacial score (nSPS) is 12.3. The third-order valence-electron chi connectivity index (χ3n) is 6.21. The second-order valence-electron chi connectivity index (χ2n) is 7.14. The summed E-state index contributed by atoms with van der Waals surface area (Å²) in [5, 5.41) is 0. The zero-order valence-corrected chi connectivity index (χ0v) is 19.0. The van der Waals surface area contributed by atoms with E-state index in [4.69, 9.17) is 4.74 Å². The van der Waals surface area contributed by atoms with E-state index in [2.05, 4.69) is 62.3 Å². The molecule has 1 nitrogen and oxygen atoms in total. The summed E-state index contributed by atoms with van der Waals surface area (Å²) in [5.41, 5.74) is 13.3. The monoisotopic (exact) mass is 494 g/mol. The summed E-state index contributed by atoms with van der Waals surface area (Å²) < 4.78 is 6.52. The van der Waals surface area contributed by atoms with Crippen LogP contribution in [0.1, 0.15) is 62.6 Å². The zero-order valence-electron chi connectivity index (χ0n) is 16.3. The molecule has 2 aromatic carbocycles. The number of hydrogen-bond donors (Lipinski definition) is 0. The molecule has 1 heterocycles. The van der Waals surface area contributed by atoms with Gasteiger partial charge in [-0.05, 0) is 52.7 Å². The van der Waals surface area contributed by atoms with Crippen LogP contribution < -0.4 is 4.74 Å². The van der Waals surface area contributed by atoms with Crippen molar-refractivity contribution >= 4 is 0 Å². The van der Waals surface area contributed by atoms with Crippen molar-refractivity contribution in [3.8, 4) is 11.5 Å². The van der Waals surface area contributed by atoms with Crippen LogP contribution in [0.15, 0.2) is 0 Å². The van der Waals surface area contributed by atoms with Crippen molar-refractivity contribution in [2.45, 2.75) is 62.3 Å². The Morgan fingerprint density at radius 2 is 0.792 bits per heavy atom. The maximum Gasteiger partial charge on any atom is 0.0611 e. The fourth-order valence-corrected chi connectivity index (χ4v) is 3.94. The summed E-state index contributed by atoms with van der Waals surface area (Å²) in [4.78, 5) is 0. The van der Waals surface area contributed by atoms with Gasteiger partial charge in [-0.25, -0.2) is 0 Å². The van der Waals surface area contributed by atoms with Gasteiger partial charge in [-0.1, -0.05) is 54.2 Å². The molecule has 0 saturated carbocycles. The van der Waals surface area contributed by atoms with Crippen molar-refractivity contribution in [1.29, 1.82) is 0 Å². The van der Waals surface area contributed by atoms with Gasteiger partial charge in [0.25, 0.3) is 0 Å². The van der Waals surface area contributed by atoms with E-state index in [0.717, 1.165) is 11.5 Å². The van der Waals surface area contributed by atoms with Gasteiger partial charge in [0.1, 0.15) is 0 Å². The standard InChI is InChI=1S/C22H27O.Re/c1-10-12(3)16(7)21-19(14(10)5)18(9)20-15(6)11(2)13(4)17(8)22(20)23-21;/h1-9H3;/q-1;. The molecule has 24 heavy (non-hydrogen) atoms. The molecule has 0 fully saturated rings. The minimum Gasteiger partial charge on any atom is -0.526 e. The average Bonchev–Trinajstić information content (AvgIpc) is 2.53. The first-order valence-electron chi connectivity index (χ1n) is 8.41. The molecule has 1 aliphatic heterocycles. The first-order chi connectivity index (χ1) is 10.7. The molecule has 2 heteroatoms. The fraction of sp³-hybridized carbons (Fsp3) is 0.409. The molecule has 2 aromatic rings. The van der Waals surface area contributed by atoms with Gasteiger partial charge in [0.2, 0.25) is 0 Å². The van der Waals surface area contributed by atoms with Crippen LogP contribution in [-0.2, 0) is 20.4 Å². The molecular formula is C22H27ORe-. The summed E-state index contributed by atoms with van der Waals surface area (Å²) >= 11 is 0. The number of hydrogen-bond acceptors (Lipinski definition) is 1. The quantitative estimate of drug-likeness (QED) is 0.394. The zero-order chi connectivity index (χ0) is 17.2. The van der Waals surface area contributed by atoms with Crippen molar-refractivity contribution in [2.75, 3.05) is 0 Å². The Labute approximate surface area is 160 Å². The van der Waals surface area contributed by atoms with Crippen molar-refractivity contribution < 1.29 is 25.2 Å². The maximum atomic E-state index is 6.52. The van der Waals surface area contributed by atoms with E-state index in [1.165, 1.54) is 61.6 Å². The van der Waals surface area contributed by atoms with Crippen molar-refractivity contribution in [1.82, 2.24) is 0 Å². The van der Waals surface area contributed by atoms with E-state index in [1.807, 2.05) is 0 Å². The van der Waals surface area contributed by atoms with Gasteiger partial charge >= 0.3 is 0 Å². The van der Waals surface area contributed by atoms with Crippen LogP contribution in [0.4, 0.5) is 0 Å². The van der Waals surface area contributed by atoms with Crippen LogP contribution in [0.5, 0.6) is 11.5 Å². The molecule has 3 rings (SSSR count). The van der Waals surface area contributed by atoms with Gasteiger partial charge in [0.05, 0.1) is 11.5 Å². The van der Waals surface area contributed by atoms with E-state index >= 15 is 0 Å². The Bertz CT molecular complexity index is 777. The Hall–Kier alpha value is -1.23. The topological polar surface area (TPSA) is 9.23 Å². The summed E-state index contributed by atoms with van der Waals surface area (Å²) in [6.45, 7) is 19.9. The van der Waals surface area contributed by atoms with Gasteiger partial charge in [0, 0.05) is 20.4 Å². The smallest absolute Gasteiger partial charge is 0.0611 e. The van der Waals surface area contributed by atoms with Crippen molar-refractivity contribution in [3.63, 3.8) is 0 Å². The van der Waals surface area contributed by atoms with E-state index in [1.54, 1.807) is 0 Å². The molecule has 129 valence electrons. The third kappa shape index (κ3) is 2.35. The van der Waals surface area contributed by atoms with E-state index in [0.29, 0.717) is 0 Å². The maximum absolute atomic E-state index is 6.52. The predicted molar refractivity (Wildman–Crippen MR) is 98.0 cm³/mol. The minimum absolute atomic E-state index is 0. The molecule has 1 aliphatic rings. The second kappa shape index (κ2) is 6.25.